The Hall–Kier alpha value is -0.760. The predicted octanol–water partition coefficient (Wildman–Crippen LogP) is 1.71. The SMILES string of the molecule is CCC(COC)NS(=O)(=O)CCSc1ccc(N)cc1. The molecule has 3 N–H and O–H groups in total. The molecule has 0 bridgehead atoms. The van der Waals surface area contributed by atoms with E-state index >= 15 is 0 Å². The van der Waals surface area contributed by atoms with Crippen LogP contribution in [0.5, 0.6) is 0 Å². The summed E-state index contributed by atoms with van der Waals surface area (Å²) in [5, 5.41) is 0. The molecule has 0 saturated carbocycles. The monoisotopic (exact) mass is 318 g/mol. The van der Waals surface area contributed by atoms with Gasteiger partial charge in [0.05, 0.1) is 12.4 Å². The molecule has 20 heavy (non-hydrogen) atoms. The number of ether oxygens (including phenoxy) is 1. The second-order valence-corrected chi connectivity index (χ2v) is 7.46. The zero-order valence-corrected chi connectivity index (χ0v) is 13.5. The first-order chi connectivity index (χ1) is 9.46. The number of anilines is 1. The number of sulfonamides is 1. The van der Waals surface area contributed by atoms with Crippen molar-refractivity contribution in [3.8, 4) is 0 Å². The lowest BCUT2D eigenvalue weighted by atomic mass is 10.3. The van der Waals surface area contributed by atoms with E-state index in [0.717, 1.165) is 4.90 Å². The summed E-state index contributed by atoms with van der Waals surface area (Å²) < 4.78 is 31.5. The van der Waals surface area contributed by atoms with Crippen LogP contribution in [0.4, 0.5) is 5.69 Å². The van der Waals surface area contributed by atoms with E-state index in [-0.39, 0.29) is 11.8 Å². The highest BCUT2D eigenvalue weighted by atomic mass is 32.2. The molecule has 1 atom stereocenters. The van der Waals surface area contributed by atoms with Gasteiger partial charge in [0.1, 0.15) is 0 Å². The maximum absolute atomic E-state index is 11.9. The number of benzene rings is 1. The summed E-state index contributed by atoms with van der Waals surface area (Å²) in [6.07, 6.45) is 0.707. The first kappa shape index (κ1) is 17.3. The van der Waals surface area contributed by atoms with Crippen LogP contribution in [0.15, 0.2) is 29.2 Å². The number of nitrogens with one attached hydrogen (secondary N) is 1. The van der Waals surface area contributed by atoms with E-state index in [9.17, 15) is 8.42 Å². The highest BCUT2D eigenvalue weighted by Gasteiger charge is 2.16. The summed E-state index contributed by atoms with van der Waals surface area (Å²) in [5.74, 6) is 0.588. The third kappa shape index (κ3) is 6.60. The first-order valence-electron chi connectivity index (χ1n) is 6.44. The standard InChI is InChI=1S/C13H22N2O3S2/c1-3-12(10-18-2)15-20(16,17)9-8-19-13-6-4-11(14)5-7-13/h4-7,12,15H,3,8-10,14H2,1-2H3. The van der Waals surface area contributed by atoms with E-state index in [2.05, 4.69) is 4.72 Å². The molecule has 0 saturated heterocycles. The molecular weight excluding hydrogens is 296 g/mol. The molecule has 0 aliphatic carbocycles. The van der Waals surface area contributed by atoms with Crippen LogP contribution >= 0.6 is 11.8 Å². The van der Waals surface area contributed by atoms with Gasteiger partial charge in [0.2, 0.25) is 10.0 Å². The normalized spacial score (nSPS) is 13.3. The van der Waals surface area contributed by atoms with Gasteiger partial charge in [-0.05, 0) is 30.7 Å². The Bertz CT molecular complexity index is 489. The average molecular weight is 318 g/mol. The van der Waals surface area contributed by atoms with Crippen LogP contribution in [-0.2, 0) is 14.8 Å². The van der Waals surface area contributed by atoms with Crippen LogP contribution in [0.25, 0.3) is 0 Å². The van der Waals surface area contributed by atoms with Gasteiger partial charge in [-0.3, -0.25) is 0 Å². The molecule has 0 fully saturated rings. The molecule has 1 aromatic carbocycles. The lowest BCUT2D eigenvalue weighted by molar-refractivity contribution is 0.173. The first-order valence-corrected chi connectivity index (χ1v) is 9.08. The largest absolute Gasteiger partial charge is 0.399 e. The molecule has 0 heterocycles. The molecule has 5 nitrogen and oxygen atoms in total. The third-order valence-electron chi connectivity index (χ3n) is 2.71. The summed E-state index contributed by atoms with van der Waals surface area (Å²) in [6.45, 7) is 2.32. The number of nitrogen functional groups attached to an aromatic ring is 1. The second kappa shape index (κ2) is 8.51. The summed E-state index contributed by atoms with van der Waals surface area (Å²) >= 11 is 1.50. The van der Waals surface area contributed by atoms with Crippen LogP contribution in [0.3, 0.4) is 0 Å². The number of hydrogen-bond acceptors (Lipinski definition) is 5. The molecule has 7 heteroatoms. The molecule has 0 amide bonds. The van der Waals surface area contributed by atoms with Crippen molar-refractivity contribution in [3.05, 3.63) is 24.3 Å². The van der Waals surface area contributed by atoms with Gasteiger partial charge < -0.3 is 10.5 Å². The minimum atomic E-state index is -3.27. The molecule has 114 valence electrons. The molecule has 0 spiro atoms. The second-order valence-electron chi connectivity index (χ2n) is 4.41. The highest BCUT2D eigenvalue weighted by Crippen LogP contribution is 2.19. The minimum absolute atomic E-state index is 0.0856. The Labute approximate surface area is 125 Å². The number of rotatable bonds is 9. The van der Waals surface area contributed by atoms with Gasteiger partial charge in [-0.25, -0.2) is 13.1 Å². The summed E-state index contributed by atoms with van der Waals surface area (Å²) in [5.41, 5.74) is 6.30. The van der Waals surface area contributed by atoms with Crippen LogP contribution < -0.4 is 10.5 Å². The van der Waals surface area contributed by atoms with Crippen molar-refractivity contribution in [2.24, 2.45) is 0 Å². The molecular formula is C13H22N2O3S2. The van der Waals surface area contributed by atoms with E-state index in [4.69, 9.17) is 10.5 Å². The molecule has 0 radical (unpaired) electrons. The fraction of sp³-hybridized carbons (Fsp3) is 0.538. The Kier molecular flexibility index (Phi) is 7.36. The van der Waals surface area contributed by atoms with Crippen LogP contribution in [0, 0.1) is 0 Å². The Morgan fingerprint density at radius 3 is 2.55 bits per heavy atom. The van der Waals surface area contributed by atoms with Crippen molar-refractivity contribution >= 4 is 27.5 Å². The fourth-order valence-corrected chi connectivity index (χ4v) is 4.22. The zero-order valence-electron chi connectivity index (χ0n) is 11.8. The summed E-state index contributed by atoms with van der Waals surface area (Å²) in [6, 6.07) is 7.23. The van der Waals surface area contributed by atoms with Crippen molar-refractivity contribution < 1.29 is 13.2 Å². The summed E-state index contributed by atoms with van der Waals surface area (Å²) in [7, 11) is -1.71. The van der Waals surface area contributed by atoms with Gasteiger partial charge in [0.15, 0.2) is 0 Å². The van der Waals surface area contributed by atoms with E-state index in [0.29, 0.717) is 24.5 Å². The van der Waals surface area contributed by atoms with Gasteiger partial charge in [-0.1, -0.05) is 6.92 Å². The van der Waals surface area contributed by atoms with E-state index < -0.39 is 10.0 Å². The van der Waals surface area contributed by atoms with Crippen molar-refractivity contribution in [2.75, 3.05) is 31.0 Å². The predicted molar refractivity (Wildman–Crippen MR) is 84.5 cm³/mol. The average Bonchev–Trinajstić information content (AvgIpc) is 2.40. The number of methoxy groups -OCH3 is 1. The number of nitrogens with two attached hydrogens (primary N) is 1. The Morgan fingerprint density at radius 2 is 2.00 bits per heavy atom. The quantitative estimate of drug-likeness (QED) is 0.535. The maximum atomic E-state index is 11.9. The van der Waals surface area contributed by atoms with Crippen molar-refractivity contribution in [1.29, 1.82) is 0 Å². The Morgan fingerprint density at radius 1 is 1.35 bits per heavy atom. The molecule has 1 aromatic rings. The van der Waals surface area contributed by atoms with Crippen molar-refractivity contribution in [1.82, 2.24) is 4.72 Å². The van der Waals surface area contributed by atoms with Crippen molar-refractivity contribution in [3.63, 3.8) is 0 Å². The zero-order chi connectivity index (χ0) is 15.0. The number of thioether (sulfide) groups is 1. The lowest BCUT2D eigenvalue weighted by Crippen LogP contribution is -2.39. The van der Waals surface area contributed by atoms with E-state index in [1.165, 1.54) is 11.8 Å². The maximum Gasteiger partial charge on any atom is 0.212 e. The number of hydrogen-bond donors (Lipinski definition) is 2. The van der Waals surface area contributed by atoms with E-state index in [1.54, 1.807) is 19.2 Å². The van der Waals surface area contributed by atoms with Gasteiger partial charge >= 0.3 is 0 Å². The fourth-order valence-electron chi connectivity index (χ4n) is 1.58. The van der Waals surface area contributed by atoms with Crippen LogP contribution in [0.2, 0.25) is 0 Å². The van der Waals surface area contributed by atoms with Crippen molar-refractivity contribution in [2.45, 2.75) is 24.3 Å². The Balaban J connectivity index is 2.41. The van der Waals surface area contributed by atoms with Crippen LogP contribution in [0.1, 0.15) is 13.3 Å². The minimum Gasteiger partial charge on any atom is -0.399 e. The molecule has 0 aliphatic heterocycles. The van der Waals surface area contributed by atoms with Crippen LogP contribution in [-0.4, -0.2) is 39.7 Å². The smallest absolute Gasteiger partial charge is 0.212 e. The summed E-state index contributed by atoms with van der Waals surface area (Å²) in [4.78, 5) is 1.01. The van der Waals surface area contributed by atoms with Gasteiger partial charge in [-0.15, -0.1) is 11.8 Å². The van der Waals surface area contributed by atoms with Gasteiger partial charge in [0.25, 0.3) is 0 Å². The highest BCUT2D eigenvalue weighted by molar-refractivity contribution is 8.00. The van der Waals surface area contributed by atoms with E-state index in [1.807, 2.05) is 19.1 Å². The van der Waals surface area contributed by atoms with Gasteiger partial charge in [0, 0.05) is 29.5 Å². The molecule has 1 rings (SSSR count). The van der Waals surface area contributed by atoms with Gasteiger partial charge in [-0.2, -0.15) is 0 Å². The molecule has 0 aromatic heterocycles. The molecule has 0 aliphatic rings. The topological polar surface area (TPSA) is 81.4 Å². The molecule has 1 unspecified atom stereocenters. The lowest BCUT2D eigenvalue weighted by Gasteiger charge is -2.15. The third-order valence-corrected chi connectivity index (χ3v) is 5.41.